The van der Waals surface area contributed by atoms with Crippen LogP contribution in [0.3, 0.4) is 0 Å². The van der Waals surface area contributed by atoms with Gasteiger partial charge in [0.05, 0.1) is 22.4 Å². The molecule has 4 rings (SSSR count). The summed E-state index contributed by atoms with van der Waals surface area (Å²) in [4.78, 5) is 40.7. The van der Waals surface area contributed by atoms with Crippen LogP contribution in [0.4, 0.5) is 0 Å². The van der Waals surface area contributed by atoms with Gasteiger partial charge in [0.15, 0.2) is 5.58 Å². The zero-order valence-corrected chi connectivity index (χ0v) is 16.4. The number of benzene rings is 2. The van der Waals surface area contributed by atoms with Gasteiger partial charge in [-0.1, -0.05) is 12.1 Å². The molecule has 4 aromatic rings. The van der Waals surface area contributed by atoms with Crippen LogP contribution >= 0.6 is 11.3 Å². The second-order valence-electron chi connectivity index (χ2n) is 6.11. The number of aromatic nitrogens is 1. The molecule has 0 bridgehead atoms. The standard InChI is InChI=1S/C21H15NO6S/c1-3-26-20(24)13-10-12-8-9-15(27-11(2)23)17(18(12)28-21(13)25)19-22-14-6-4-5-7-16(14)29-19/h4-10H,3H2,1-2H3. The number of hydrogen-bond acceptors (Lipinski definition) is 8. The van der Waals surface area contributed by atoms with E-state index in [0.717, 1.165) is 10.2 Å². The van der Waals surface area contributed by atoms with Crippen molar-refractivity contribution in [1.29, 1.82) is 0 Å². The fraction of sp³-hybridized carbons (Fsp3) is 0.143. The average Bonchev–Trinajstić information content (AvgIpc) is 3.10. The van der Waals surface area contributed by atoms with Crippen molar-refractivity contribution in [2.24, 2.45) is 0 Å². The van der Waals surface area contributed by atoms with Gasteiger partial charge in [0.25, 0.3) is 0 Å². The Bertz CT molecular complexity index is 1290. The Labute approximate surface area is 168 Å². The second-order valence-corrected chi connectivity index (χ2v) is 7.14. The predicted molar refractivity (Wildman–Crippen MR) is 108 cm³/mol. The van der Waals surface area contributed by atoms with Crippen LogP contribution in [0.5, 0.6) is 5.75 Å². The summed E-state index contributed by atoms with van der Waals surface area (Å²) < 4.78 is 16.7. The molecule has 0 unspecified atom stereocenters. The summed E-state index contributed by atoms with van der Waals surface area (Å²) in [6, 6.07) is 12.1. The number of thiazole rings is 1. The molecule has 29 heavy (non-hydrogen) atoms. The molecule has 8 heteroatoms. The first-order valence-electron chi connectivity index (χ1n) is 8.80. The average molecular weight is 409 g/mol. The van der Waals surface area contributed by atoms with Gasteiger partial charge in [0, 0.05) is 12.3 Å². The summed E-state index contributed by atoms with van der Waals surface area (Å²) in [5, 5.41) is 1.01. The van der Waals surface area contributed by atoms with Crippen molar-refractivity contribution < 1.29 is 23.5 Å². The third-order valence-electron chi connectivity index (χ3n) is 4.12. The normalized spacial score (nSPS) is 11.0. The van der Waals surface area contributed by atoms with Gasteiger partial charge >= 0.3 is 17.6 Å². The zero-order chi connectivity index (χ0) is 20.5. The Morgan fingerprint density at radius 2 is 1.97 bits per heavy atom. The lowest BCUT2D eigenvalue weighted by Crippen LogP contribution is -2.16. The maximum atomic E-state index is 12.4. The Balaban J connectivity index is 2.00. The van der Waals surface area contributed by atoms with E-state index in [1.54, 1.807) is 19.1 Å². The Morgan fingerprint density at radius 3 is 2.69 bits per heavy atom. The van der Waals surface area contributed by atoms with Crippen LogP contribution in [0.1, 0.15) is 24.2 Å². The number of esters is 2. The lowest BCUT2D eigenvalue weighted by Gasteiger charge is -2.10. The summed E-state index contributed by atoms with van der Waals surface area (Å²) in [7, 11) is 0. The highest BCUT2D eigenvalue weighted by molar-refractivity contribution is 7.21. The maximum absolute atomic E-state index is 12.4. The van der Waals surface area contributed by atoms with Gasteiger partial charge in [0.1, 0.15) is 16.3 Å². The van der Waals surface area contributed by atoms with E-state index >= 15 is 0 Å². The van der Waals surface area contributed by atoms with E-state index in [0.29, 0.717) is 16.0 Å². The van der Waals surface area contributed by atoms with E-state index in [4.69, 9.17) is 13.9 Å². The van der Waals surface area contributed by atoms with Gasteiger partial charge < -0.3 is 13.9 Å². The highest BCUT2D eigenvalue weighted by Crippen LogP contribution is 2.40. The van der Waals surface area contributed by atoms with Crippen molar-refractivity contribution in [3.63, 3.8) is 0 Å². The van der Waals surface area contributed by atoms with Crippen LogP contribution in [0.25, 0.3) is 31.8 Å². The molecule has 0 saturated carbocycles. The van der Waals surface area contributed by atoms with Gasteiger partial charge in [-0.3, -0.25) is 4.79 Å². The number of para-hydroxylation sites is 1. The third-order valence-corrected chi connectivity index (χ3v) is 5.18. The molecule has 146 valence electrons. The lowest BCUT2D eigenvalue weighted by molar-refractivity contribution is -0.131. The first-order valence-corrected chi connectivity index (χ1v) is 9.62. The molecule has 0 aliphatic heterocycles. The SMILES string of the molecule is CCOC(=O)c1cc2ccc(OC(C)=O)c(-c3nc4ccccc4s3)c2oc1=O. The molecule has 0 amide bonds. The van der Waals surface area contributed by atoms with Gasteiger partial charge in [-0.25, -0.2) is 14.6 Å². The van der Waals surface area contributed by atoms with Crippen molar-refractivity contribution in [3.05, 3.63) is 58.4 Å². The minimum atomic E-state index is -0.835. The summed E-state index contributed by atoms with van der Waals surface area (Å²) in [6.07, 6.45) is 0. The smallest absolute Gasteiger partial charge is 0.351 e. The molecule has 0 atom stereocenters. The number of carbonyl (C=O) groups is 2. The van der Waals surface area contributed by atoms with E-state index in [2.05, 4.69) is 4.98 Å². The van der Waals surface area contributed by atoms with E-state index in [-0.39, 0.29) is 23.5 Å². The largest absolute Gasteiger partial charge is 0.462 e. The van der Waals surface area contributed by atoms with E-state index in [1.807, 2.05) is 24.3 Å². The first-order chi connectivity index (χ1) is 14.0. The molecule has 0 saturated heterocycles. The summed E-state index contributed by atoms with van der Waals surface area (Å²) in [5.41, 5.74) is 0.296. The molecule has 2 heterocycles. The van der Waals surface area contributed by atoms with Crippen molar-refractivity contribution in [2.45, 2.75) is 13.8 Å². The quantitative estimate of drug-likeness (QED) is 0.283. The van der Waals surface area contributed by atoms with Crippen molar-refractivity contribution in [1.82, 2.24) is 4.98 Å². The van der Waals surface area contributed by atoms with Crippen LogP contribution in [-0.4, -0.2) is 23.5 Å². The van der Waals surface area contributed by atoms with Crippen LogP contribution < -0.4 is 10.4 Å². The van der Waals surface area contributed by atoms with Gasteiger partial charge in [0.2, 0.25) is 0 Å². The maximum Gasteiger partial charge on any atom is 0.351 e. The fourth-order valence-electron chi connectivity index (χ4n) is 2.94. The lowest BCUT2D eigenvalue weighted by atomic mass is 10.1. The minimum absolute atomic E-state index is 0.138. The summed E-state index contributed by atoms with van der Waals surface area (Å²) in [5.74, 6) is -1.05. The number of nitrogens with zero attached hydrogens (tertiary/aromatic N) is 1. The first kappa shape index (κ1) is 18.8. The van der Waals surface area contributed by atoms with Gasteiger partial charge in [-0.05, 0) is 37.3 Å². The molecule has 0 aliphatic carbocycles. The molecule has 2 aromatic heterocycles. The van der Waals surface area contributed by atoms with Crippen molar-refractivity contribution in [3.8, 4) is 16.3 Å². The predicted octanol–water partition coefficient (Wildman–Crippen LogP) is 4.17. The van der Waals surface area contributed by atoms with Crippen LogP contribution in [0, 0.1) is 0 Å². The molecule has 0 fully saturated rings. The molecule has 0 N–H and O–H groups in total. The molecule has 0 spiro atoms. The summed E-state index contributed by atoms with van der Waals surface area (Å²) >= 11 is 1.37. The second kappa shape index (κ2) is 7.48. The minimum Gasteiger partial charge on any atom is -0.462 e. The number of carbonyl (C=O) groups excluding carboxylic acids is 2. The van der Waals surface area contributed by atoms with E-state index in [1.165, 1.54) is 24.3 Å². The molecular formula is C21H15NO6S. The summed E-state index contributed by atoms with van der Waals surface area (Å²) in [6.45, 7) is 3.07. The van der Waals surface area contributed by atoms with Crippen LogP contribution in [0.2, 0.25) is 0 Å². The third kappa shape index (κ3) is 3.50. The molecule has 2 aromatic carbocycles. The fourth-order valence-corrected chi connectivity index (χ4v) is 3.95. The molecule has 0 aliphatic rings. The number of ether oxygens (including phenoxy) is 2. The van der Waals surface area contributed by atoms with Crippen molar-refractivity contribution in [2.75, 3.05) is 6.61 Å². The number of fused-ring (bicyclic) bond motifs is 2. The van der Waals surface area contributed by atoms with E-state index < -0.39 is 17.6 Å². The Hall–Kier alpha value is -3.52. The molecular weight excluding hydrogens is 394 g/mol. The Kier molecular flexibility index (Phi) is 4.85. The molecule has 7 nitrogen and oxygen atoms in total. The van der Waals surface area contributed by atoms with Crippen molar-refractivity contribution >= 4 is 44.5 Å². The highest BCUT2D eigenvalue weighted by atomic mass is 32.1. The zero-order valence-electron chi connectivity index (χ0n) is 15.6. The number of rotatable bonds is 4. The molecule has 0 radical (unpaired) electrons. The highest BCUT2D eigenvalue weighted by Gasteiger charge is 2.22. The number of hydrogen-bond donors (Lipinski definition) is 0. The monoisotopic (exact) mass is 409 g/mol. The van der Waals surface area contributed by atoms with Crippen LogP contribution in [-0.2, 0) is 9.53 Å². The van der Waals surface area contributed by atoms with Gasteiger partial charge in [-0.2, -0.15) is 0 Å². The van der Waals surface area contributed by atoms with E-state index in [9.17, 15) is 14.4 Å². The topological polar surface area (TPSA) is 95.7 Å². The Morgan fingerprint density at radius 1 is 1.17 bits per heavy atom. The van der Waals surface area contributed by atoms with Gasteiger partial charge in [-0.15, -0.1) is 11.3 Å². The van der Waals surface area contributed by atoms with Crippen LogP contribution in [0.15, 0.2) is 51.7 Å².